The highest BCUT2D eigenvalue weighted by atomic mass is 16.3. The molecule has 25 heteroatoms. The number of aliphatic hydroxyl groups is 2. The van der Waals surface area contributed by atoms with E-state index in [0.717, 1.165) is 9.80 Å². The molecule has 1 aliphatic heterocycles. The largest absolute Gasteiger partial charge is 0.390 e. The zero-order valence-electron chi connectivity index (χ0n) is 60.2. The molecule has 0 aliphatic carbocycles. The number of nitrogens with zero attached hydrogens (tertiary/aromatic N) is 8. The molecule has 0 saturated carbocycles. The molecule has 6 N–H and O–H groups in total. The number of likely N-dealkylation sites (N-methyl/N-ethyl adjacent to an activating group) is 7. The summed E-state index contributed by atoms with van der Waals surface area (Å²) in [6, 6.07) is -14.4. The highest BCUT2D eigenvalue weighted by Gasteiger charge is 2.47. The van der Waals surface area contributed by atoms with Gasteiger partial charge in [-0.25, -0.2) is 0 Å². The summed E-state index contributed by atoms with van der Waals surface area (Å²) in [5, 5.41) is 34.6. The molecule has 0 bridgehead atoms. The van der Waals surface area contributed by atoms with Crippen molar-refractivity contribution in [1.82, 2.24) is 60.5 Å². The predicted molar refractivity (Wildman–Crippen MR) is 352 cm³/mol. The van der Waals surface area contributed by atoms with Gasteiger partial charge in [-0.15, -0.1) is 0 Å². The minimum Gasteiger partial charge on any atom is -0.390 e. The lowest BCUT2D eigenvalue weighted by Gasteiger charge is -2.41. The quantitative estimate of drug-likeness (QED) is 0.108. The number of aliphatic hydroxyl groups excluding tert-OH is 1. The Bertz CT molecular complexity index is 2500. The van der Waals surface area contributed by atoms with Gasteiger partial charge >= 0.3 is 0 Å². The Kier molecular flexibility index (Phi) is 33.6. The van der Waals surface area contributed by atoms with Gasteiger partial charge in [-0.3, -0.25) is 52.7 Å². The van der Waals surface area contributed by atoms with Crippen LogP contribution in [0.1, 0.15) is 163 Å². The number of allylic oxidation sites excluding steroid dienone is 2. The molecular weight excluding hydrogens is 1170 g/mol. The molecule has 0 spiro atoms. The van der Waals surface area contributed by atoms with Crippen LogP contribution in [0.25, 0.3) is 0 Å². The Balaban J connectivity index is 4.54. The third-order valence-corrected chi connectivity index (χ3v) is 17.2. The molecule has 0 radical (unpaired) electrons. The van der Waals surface area contributed by atoms with Crippen LogP contribution < -0.4 is 21.3 Å². The van der Waals surface area contributed by atoms with Crippen molar-refractivity contribution < 1.29 is 63.0 Å². The van der Waals surface area contributed by atoms with Crippen LogP contribution in [0.4, 0.5) is 0 Å². The minimum atomic E-state index is -1.66. The van der Waals surface area contributed by atoms with Gasteiger partial charge in [-0.1, -0.05) is 95.2 Å². The number of carbonyl (C=O) groups excluding carboxylic acids is 11. The third-order valence-electron chi connectivity index (χ3n) is 17.2. The lowest BCUT2D eigenvalue weighted by molar-refractivity contribution is -0.157. The second-order valence-corrected chi connectivity index (χ2v) is 28.3. The number of amides is 11. The van der Waals surface area contributed by atoms with Crippen molar-refractivity contribution in [2.45, 2.75) is 241 Å². The molecule has 1 fully saturated rings. The average Bonchev–Trinajstić information content (AvgIpc) is 0.888. The molecular formula is C66H120N12O13. The first kappa shape index (κ1) is 82.8. The SMILES string of the molecule is C/C=C/C[C@@H](C)[C@@H](O)C1C(=O)N[C@@H](CC)C(=O)N(C)[C@@H](CCN(C)C)C(=O)N(C)[C@@H](CC(C)(C)O)C(=O)N[C@H](C(C)C)C(=O)N(C)[C@H](CC(C)C)C(=O)N[C@H](C)C(=O)N[C@@H](C)C(=O)N(C)[C@@H](CC(C)C)C(=O)N(C)[C@@H](CC(C)C)C(=O)N(C)[C@@H](C(C)C)C(=O)N1C. The van der Waals surface area contributed by atoms with Crippen LogP contribution in [0, 0.1) is 35.5 Å². The number of hydrogen-bond donors (Lipinski definition) is 6. The van der Waals surface area contributed by atoms with Crippen molar-refractivity contribution in [1.29, 1.82) is 0 Å². The summed E-state index contributed by atoms with van der Waals surface area (Å²) in [7, 11) is 13.4. The highest BCUT2D eigenvalue weighted by Crippen LogP contribution is 2.26. The molecule has 0 aromatic carbocycles. The first-order chi connectivity index (χ1) is 41.8. The summed E-state index contributed by atoms with van der Waals surface area (Å²) < 4.78 is 0. The van der Waals surface area contributed by atoms with E-state index in [9.17, 15) is 34.2 Å². The molecule has 13 atom stereocenters. The van der Waals surface area contributed by atoms with E-state index in [2.05, 4.69) is 21.3 Å². The van der Waals surface area contributed by atoms with Gasteiger partial charge in [0.2, 0.25) is 65.0 Å². The summed E-state index contributed by atoms with van der Waals surface area (Å²) >= 11 is 0. The lowest BCUT2D eigenvalue weighted by Crippen LogP contribution is -2.64. The predicted octanol–water partition coefficient (Wildman–Crippen LogP) is 2.70. The van der Waals surface area contributed by atoms with Crippen LogP contribution in [0.2, 0.25) is 0 Å². The lowest BCUT2D eigenvalue weighted by atomic mass is 9.91. The summed E-state index contributed by atoms with van der Waals surface area (Å²) in [6.45, 7) is 29.1. The van der Waals surface area contributed by atoms with Crippen molar-refractivity contribution >= 4 is 65.0 Å². The standard InChI is InChI=1S/C66H120N12O13/c1-27-29-30-42(13)54(79)53-58(83)69-45(28-2)60(85)72(20)46(31-32-71(18)19)61(86)76(24)50(36-66(16,17)91)57(82)70-51(40(9)10)64(89)73(21)47(33-37(3)4)56(81)67-43(14)55(80)68-44(15)59(84)74(22)48(34-38(5)6)62(87)75(23)49(35-39(7)8)63(88)77(25)52(41(11)12)65(90)78(53)26/h27,29,37-54,79,91H,28,30-36H2,1-26H3,(H,67,81)(H,68,80)(H,69,83)(H,70,82)/b29-27+/t42-,43-,44+,45+,46+,47-,48+,49+,50+,51-,52+,53?,54-/m1/s1. The maximum atomic E-state index is 15.3. The van der Waals surface area contributed by atoms with Crippen LogP contribution in [0.3, 0.4) is 0 Å². The summed E-state index contributed by atoms with van der Waals surface area (Å²) in [4.78, 5) is 173. The van der Waals surface area contributed by atoms with E-state index in [4.69, 9.17) is 0 Å². The fourth-order valence-corrected chi connectivity index (χ4v) is 11.5. The van der Waals surface area contributed by atoms with Crippen LogP contribution in [-0.4, -0.2) is 263 Å². The van der Waals surface area contributed by atoms with Gasteiger partial charge in [0.1, 0.15) is 66.5 Å². The molecule has 1 saturated heterocycles. The second kappa shape index (κ2) is 36.9. The second-order valence-electron chi connectivity index (χ2n) is 28.3. The molecule has 0 aromatic heterocycles. The maximum Gasteiger partial charge on any atom is 0.246 e. The molecule has 1 rings (SSSR count). The summed E-state index contributed by atoms with van der Waals surface area (Å²) in [5.74, 6) is -10.3. The monoisotopic (exact) mass is 1290 g/mol. The fraction of sp³-hybridized carbons (Fsp3) is 0.803. The van der Waals surface area contributed by atoms with Gasteiger partial charge in [0.05, 0.1) is 11.7 Å². The fourth-order valence-electron chi connectivity index (χ4n) is 11.5. The summed E-state index contributed by atoms with van der Waals surface area (Å²) in [6.07, 6.45) is 2.38. The van der Waals surface area contributed by atoms with E-state index in [1.165, 1.54) is 102 Å². The van der Waals surface area contributed by atoms with Crippen molar-refractivity contribution in [3.8, 4) is 0 Å². The average molecular weight is 1290 g/mol. The van der Waals surface area contributed by atoms with Crippen LogP contribution >= 0.6 is 0 Å². The van der Waals surface area contributed by atoms with Crippen LogP contribution in [-0.2, 0) is 52.7 Å². The van der Waals surface area contributed by atoms with Gasteiger partial charge in [0, 0.05) is 55.8 Å². The first-order valence-electron chi connectivity index (χ1n) is 32.6. The minimum absolute atomic E-state index is 0.0235. The van der Waals surface area contributed by atoms with Crippen molar-refractivity contribution in [2.24, 2.45) is 35.5 Å². The van der Waals surface area contributed by atoms with E-state index < -0.39 is 161 Å². The Hall–Kier alpha value is -6.21. The molecule has 91 heavy (non-hydrogen) atoms. The first-order valence-corrected chi connectivity index (χ1v) is 32.6. The zero-order valence-corrected chi connectivity index (χ0v) is 60.2. The molecule has 0 aromatic rings. The van der Waals surface area contributed by atoms with Gasteiger partial charge in [0.25, 0.3) is 0 Å². The van der Waals surface area contributed by atoms with E-state index in [0.29, 0.717) is 0 Å². The number of nitrogens with one attached hydrogen (secondary N) is 4. The molecule has 1 heterocycles. The maximum absolute atomic E-state index is 15.3. The van der Waals surface area contributed by atoms with Gasteiger partial charge in [-0.05, 0) is 129 Å². The number of rotatable bonds is 18. The summed E-state index contributed by atoms with van der Waals surface area (Å²) in [5.41, 5.74) is -1.58. The number of hydrogen-bond acceptors (Lipinski definition) is 14. The molecule has 522 valence electrons. The van der Waals surface area contributed by atoms with E-state index in [-0.39, 0.29) is 69.2 Å². The van der Waals surface area contributed by atoms with Gasteiger partial charge in [0.15, 0.2) is 0 Å². The van der Waals surface area contributed by atoms with E-state index in [1.807, 2.05) is 41.5 Å². The topological polar surface area (TPSA) is 302 Å². The van der Waals surface area contributed by atoms with Crippen molar-refractivity contribution in [3.05, 3.63) is 12.2 Å². The van der Waals surface area contributed by atoms with Crippen LogP contribution in [0.15, 0.2) is 12.2 Å². The molecule has 25 nitrogen and oxygen atoms in total. The molecule has 11 amide bonds. The Morgan fingerprint density at radius 1 is 0.495 bits per heavy atom. The van der Waals surface area contributed by atoms with Gasteiger partial charge in [-0.2, -0.15) is 0 Å². The third kappa shape index (κ3) is 23.7. The van der Waals surface area contributed by atoms with E-state index in [1.54, 1.807) is 79.6 Å². The Morgan fingerprint density at radius 2 is 0.912 bits per heavy atom. The number of carbonyl (C=O) groups is 11. The Labute approximate surface area is 544 Å². The van der Waals surface area contributed by atoms with E-state index >= 15 is 28.8 Å². The van der Waals surface area contributed by atoms with Gasteiger partial charge < -0.3 is 70.7 Å². The smallest absolute Gasteiger partial charge is 0.246 e. The Morgan fingerprint density at radius 3 is 1.36 bits per heavy atom. The van der Waals surface area contributed by atoms with Crippen molar-refractivity contribution in [2.75, 3.05) is 70.0 Å². The van der Waals surface area contributed by atoms with Crippen LogP contribution in [0.5, 0.6) is 0 Å². The highest BCUT2D eigenvalue weighted by molar-refractivity contribution is 6.00. The zero-order chi connectivity index (χ0) is 70.8. The normalized spacial score (nSPS) is 26.9. The van der Waals surface area contributed by atoms with Crippen molar-refractivity contribution in [3.63, 3.8) is 0 Å². The molecule has 1 aliphatic rings. The molecule has 1 unspecified atom stereocenters.